The molecule has 0 unspecified atom stereocenters. The molecule has 0 amide bonds. The quantitative estimate of drug-likeness (QED) is 0.409. The number of aromatic nitrogens is 3. The number of fused-ring (bicyclic) bond motifs is 2. The van der Waals surface area contributed by atoms with Crippen molar-refractivity contribution in [1.29, 1.82) is 0 Å². The average Bonchev–Trinajstić information content (AvgIpc) is 3.04. The predicted octanol–water partition coefficient (Wildman–Crippen LogP) is 4.84. The summed E-state index contributed by atoms with van der Waals surface area (Å²) in [6.45, 7) is 0.195. The van der Waals surface area contributed by atoms with E-state index in [0.29, 0.717) is 16.7 Å². The Hall–Kier alpha value is -3.49. The first-order valence-electron chi connectivity index (χ1n) is 9.64. The molecule has 0 aliphatic carbocycles. The van der Waals surface area contributed by atoms with Crippen molar-refractivity contribution >= 4 is 49.5 Å². The van der Waals surface area contributed by atoms with Crippen molar-refractivity contribution in [1.82, 2.24) is 14.5 Å². The second-order valence-corrected chi connectivity index (χ2v) is 9.60. The lowest BCUT2D eigenvalue weighted by Gasteiger charge is -2.09. The fourth-order valence-corrected chi connectivity index (χ4v) is 5.45. The second-order valence-electron chi connectivity index (χ2n) is 7.27. The number of halogens is 2. The van der Waals surface area contributed by atoms with Crippen LogP contribution in [0.3, 0.4) is 0 Å². The Morgan fingerprint density at radius 1 is 0.938 bits per heavy atom. The van der Waals surface area contributed by atoms with E-state index in [4.69, 9.17) is 17.3 Å². The van der Waals surface area contributed by atoms with E-state index in [1.54, 1.807) is 47.0 Å². The third-order valence-electron chi connectivity index (χ3n) is 5.18. The summed E-state index contributed by atoms with van der Waals surface area (Å²) in [5.41, 5.74) is 8.79. The number of nitrogen functional groups attached to an aromatic ring is 1. The maximum atomic E-state index is 13.6. The van der Waals surface area contributed by atoms with E-state index in [0.717, 1.165) is 5.56 Å². The highest BCUT2D eigenvalue weighted by molar-refractivity contribution is 7.92. The highest BCUT2D eigenvalue weighted by Crippen LogP contribution is 2.36. The van der Waals surface area contributed by atoms with E-state index in [1.807, 2.05) is 6.07 Å². The lowest BCUT2D eigenvalue weighted by atomic mass is 10.2. The van der Waals surface area contributed by atoms with Gasteiger partial charge in [0.15, 0.2) is 5.65 Å². The average molecular weight is 467 g/mol. The number of nitrogens with zero attached hydrogens (tertiary/aromatic N) is 3. The minimum Gasteiger partial charge on any atom is -0.384 e. The van der Waals surface area contributed by atoms with E-state index >= 15 is 0 Å². The van der Waals surface area contributed by atoms with Crippen LogP contribution in [0, 0.1) is 5.82 Å². The monoisotopic (exact) mass is 466 g/mol. The third-order valence-corrected chi connectivity index (χ3v) is 7.22. The normalized spacial score (nSPS) is 11.9. The smallest absolute Gasteiger partial charge is 0.212 e. The van der Waals surface area contributed by atoms with Gasteiger partial charge in [0, 0.05) is 5.02 Å². The molecular weight excluding hydrogens is 451 g/mol. The van der Waals surface area contributed by atoms with Gasteiger partial charge in [-0.25, -0.2) is 22.8 Å². The maximum absolute atomic E-state index is 13.6. The highest BCUT2D eigenvalue weighted by atomic mass is 35.5. The molecule has 32 heavy (non-hydrogen) atoms. The molecule has 5 rings (SSSR count). The van der Waals surface area contributed by atoms with Crippen LogP contribution in [0.4, 0.5) is 10.2 Å². The largest absolute Gasteiger partial charge is 0.384 e. The van der Waals surface area contributed by atoms with Gasteiger partial charge in [0.05, 0.1) is 22.5 Å². The molecular formula is C23H16ClFN4O2S. The van der Waals surface area contributed by atoms with Gasteiger partial charge in [-0.3, -0.25) is 0 Å². The molecule has 0 atom stereocenters. The number of hydrogen-bond acceptors (Lipinski definition) is 5. The van der Waals surface area contributed by atoms with Crippen LogP contribution in [0.2, 0.25) is 5.02 Å². The van der Waals surface area contributed by atoms with Crippen molar-refractivity contribution in [3.05, 3.63) is 89.2 Å². The van der Waals surface area contributed by atoms with Gasteiger partial charge in [-0.05, 0) is 48.0 Å². The number of benzene rings is 3. The lowest BCUT2D eigenvalue weighted by molar-refractivity contribution is 0.597. The maximum Gasteiger partial charge on any atom is 0.212 e. The number of hydrogen-bond donors (Lipinski definition) is 1. The van der Waals surface area contributed by atoms with Crippen LogP contribution < -0.4 is 5.73 Å². The van der Waals surface area contributed by atoms with Crippen LogP contribution in [-0.2, 0) is 16.4 Å². The van der Waals surface area contributed by atoms with Crippen LogP contribution >= 0.6 is 11.6 Å². The summed E-state index contributed by atoms with van der Waals surface area (Å²) in [4.78, 5) is 9.12. The summed E-state index contributed by atoms with van der Waals surface area (Å²) < 4.78 is 42.1. The molecule has 2 aromatic heterocycles. The minimum absolute atomic E-state index is 0.000364. The number of sulfone groups is 1. The molecule has 0 radical (unpaired) electrons. The molecule has 0 saturated heterocycles. The SMILES string of the molecule is Nc1c(S(=O)(=O)c2cccc(Cl)c2)c2nc3ccccc3nc2n1Cc1ccc(F)cc1. The van der Waals surface area contributed by atoms with Crippen molar-refractivity contribution in [2.45, 2.75) is 16.3 Å². The third kappa shape index (κ3) is 3.37. The van der Waals surface area contributed by atoms with Crippen LogP contribution in [0.15, 0.2) is 82.6 Å². The van der Waals surface area contributed by atoms with E-state index in [1.165, 1.54) is 24.3 Å². The Kier molecular flexibility index (Phi) is 4.83. The number of anilines is 1. The highest BCUT2D eigenvalue weighted by Gasteiger charge is 2.30. The summed E-state index contributed by atoms with van der Waals surface area (Å²) in [5, 5.41) is 0.288. The van der Waals surface area contributed by atoms with Crippen molar-refractivity contribution < 1.29 is 12.8 Å². The van der Waals surface area contributed by atoms with Gasteiger partial charge < -0.3 is 10.3 Å². The van der Waals surface area contributed by atoms with E-state index < -0.39 is 9.84 Å². The Balaban J connectivity index is 1.81. The fourth-order valence-electron chi connectivity index (χ4n) is 3.64. The van der Waals surface area contributed by atoms with Crippen molar-refractivity contribution in [3.63, 3.8) is 0 Å². The van der Waals surface area contributed by atoms with Crippen molar-refractivity contribution in [2.24, 2.45) is 0 Å². The van der Waals surface area contributed by atoms with Crippen LogP contribution in [0.25, 0.3) is 22.2 Å². The molecule has 5 aromatic rings. The van der Waals surface area contributed by atoms with Crippen molar-refractivity contribution in [3.8, 4) is 0 Å². The topological polar surface area (TPSA) is 90.9 Å². The van der Waals surface area contributed by atoms with Gasteiger partial charge in [-0.1, -0.05) is 41.9 Å². The number of rotatable bonds is 4. The lowest BCUT2D eigenvalue weighted by Crippen LogP contribution is -2.09. The molecule has 6 nitrogen and oxygen atoms in total. The minimum atomic E-state index is -4.06. The van der Waals surface area contributed by atoms with Gasteiger partial charge in [0.1, 0.15) is 22.0 Å². The zero-order chi connectivity index (χ0) is 22.5. The summed E-state index contributed by atoms with van der Waals surface area (Å²) in [6, 6.07) is 19.0. The standard InChI is InChI=1S/C23H16ClFN4O2S/c24-15-4-3-5-17(12-15)32(30,31)21-20-23(28-19-7-2-1-6-18(19)27-20)29(22(21)26)13-14-8-10-16(25)11-9-14/h1-12H,13,26H2. The summed E-state index contributed by atoms with van der Waals surface area (Å²) in [5.74, 6) is -0.367. The molecule has 0 fully saturated rings. The van der Waals surface area contributed by atoms with Crippen LogP contribution in [0.1, 0.15) is 5.56 Å². The summed E-state index contributed by atoms with van der Waals surface area (Å²) in [6.07, 6.45) is 0. The molecule has 0 bridgehead atoms. The van der Waals surface area contributed by atoms with Gasteiger partial charge >= 0.3 is 0 Å². The summed E-state index contributed by atoms with van der Waals surface area (Å²) >= 11 is 6.04. The molecule has 2 N–H and O–H groups in total. The van der Waals surface area contributed by atoms with E-state index in [-0.39, 0.29) is 38.5 Å². The first kappa shape index (κ1) is 20.4. The van der Waals surface area contributed by atoms with Crippen LogP contribution in [0.5, 0.6) is 0 Å². The van der Waals surface area contributed by atoms with Gasteiger partial charge in [-0.2, -0.15) is 0 Å². The van der Waals surface area contributed by atoms with Crippen LogP contribution in [-0.4, -0.2) is 23.0 Å². The van der Waals surface area contributed by atoms with Gasteiger partial charge in [0.2, 0.25) is 9.84 Å². The Morgan fingerprint density at radius 3 is 2.31 bits per heavy atom. The van der Waals surface area contributed by atoms with E-state index in [9.17, 15) is 12.8 Å². The van der Waals surface area contributed by atoms with Crippen molar-refractivity contribution in [2.75, 3.05) is 5.73 Å². The fraction of sp³-hybridized carbons (Fsp3) is 0.0435. The summed E-state index contributed by atoms with van der Waals surface area (Å²) in [7, 11) is -4.06. The Morgan fingerprint density at radius 2 is 1.62 bits per heavy atom. The molecule has 0 aliphatic heterocycles. The molecule has 160 valence electrons. The molecule has 9 heteroatoms. The first-order valence-corrected chi connectivity index (χ1v) is 11.5. The molecule has 3 aromatic carbocycles. The second kappa shape index (κ2) is 7.58. The van der Waals surface area contributed by atoms with E-state index in [2.05, 4.69) is 9.97 Å². The Labute approximate surface area is 188 Å². The zero-order valence-corrected chi connectivity index (χ0v) is 18.1. The number of para-hydroxylation sites is 2. The molecule has 0 aliphatic rings. The van der Waals surface area contributed by atoms with Gasteiger partial charge in [-0.15, -0.1) is 0 Å². The first-order chi connectivity index (χ1) is 15.3. The Bertz CT molecular complexity index is 1600. The van der Waals surface area contributed by atoms with Gasteiger partial charge in [0.25, 0.3) is 0 Å². The molecule has 0 spiro atoms. The molecule has 2 heterocycles. The molecule has 0 saturated carbocycles. The predicted molar refractivity (Wildman–Crippen MR) is 122 cm³/mol. The zero-order valence-electron chi connectivity index (χ0n) is 16.5. The number of nitrogens with two attached hydrogens (primary N) is 1.